The highest BCUT2D eigenvalue weighted by atomic mass is 35.5. The monoisotopic (exact) mass is 238 g/mol. The summed E-state index contributed by atoms with van der Waals surface area (Å²) in [5.41, 5.74) is 8.36. The van der Waals surface area contributed by atoms with Crippen molar-refractivity contribution in [1.29, 1.82) is 0 Å². The minimum atomic E-state index is 0.360. The molecule has 3 heteroatoms. The van der Waals surface area contributed by atoms with E-state index in [0.717, 1.165) is 17.9 Å². The molecule has 1 aromatic rings. The second-order valence-electron chi connectivity index (χ2n) is 4.73. The van der Waals surface area contributed by atoms with Crippen LogP contribution in [0.2, 0.25) is 5.02 Å². The van der Waals surface area contributed by atoms with Gasteiger partial charge in [0.05, 0.1) is 0 Å². The summed E-state index contributed by atoms with van der Waals surface area (Å²) >= 11 is 5.94. The zero-order valence-electron chi connectivity index (χ0n) is 9.67. The first-order valence-corrected chi connectivity index (χ1v) is 6.31. The number of hydrogen-bond donors (Lipinski definition) is 2. The molecule has 0 heterocycles. The van der Waals surface area contributed by atoms with E-state index in [1.54, 1.807) is 0 Å². The van der Waals surface area contributed by atoms with Gasteiger partial charge in [-0.15, -0.1) is 0 Å². The first-order chi connectivity index (χ1) is 7.65. The summed E-state index contributed by atoms with van der Waals surface area (Å²) in [5, 5.41) is 4.36. The van der Waals surface area contributed by atoms with E-state index >= 15 is 0 Å². The Hall–Kier alpha value is -0.730. The van der Waals surface area contributed by atoms with E-state index in [1.807, 2.05) is 12.1 Å². The Kier molecular flexibility index (Phi) is 3.72. The third-order valence-electron chi connectivity index (χ3n) is 3.26. The fourth-order valence-electron chi connectivity index (χ4n) is 2.37. The van der Waals surface area contributed by atoms with Gasteiger partial charge in [-0.05, 0) is 56.4 Å². The Morgan fingerprint density at radius 2 is 2.19 bits per heavy atom. The highest BCUT2D eigenvalue weighted by Crippen LogP contribution is 2.24. The van der Waals surface area contributed by atoms with Gasteiger partial charge in [0.2, 0.25) is 0 Å². The molecule has 1 saturated carbocycles. The van der Waals surface area contributed by atoms with Gasteiger partial charge < -0.3 is 11.1 Å². The lowest BCUT2D eigenvalue weighted by atomic mass is 9.91. The number of rotatable bonds is 2. The molecule has 88 valence electrons. The highest BCUT2D eigenvalue weighted by Gasteiger charge is 2.19. The van der Waals surface area contributed by atoms with Gasteiger partial charge >= 0.3 is 0 Å². The van der Waals surface area contributed by atoms with Crippen LogP contribution >= 0.6 is 11.6 Å². The van der Waals surface area contributed by atoms with Crippen LogP contribution in [0.15, 0.2) is 18.2 Å². The van der Waals surface area contributed by atoms with Crippen molar-refractivity contribution in [2.24, 2.45) is 5.73 Å². The van der Waals surface area contributed by atoms with E-state index in [1.165, 1.54) is 24.1 Å². The van der Waals surface area contributed by atoms with Crippen molar-refractivity contribution in [2.45, 2.75) is 44.7 Å². The predicted octanol–water partition coefficient (Wildman–Crippen LogP) is 3.33. The Morgan fingerprint density at radius 3 is 2.88 bits per heavy atom. The Labute approximate surface area is 102 Å². The van der Waals surface area contributed by atoms with Crippen molar-refractivity contribution in [3.05, 3.63) is 28.8 Å². The number of benzene rings is 1. The molecule has 2 rings (SSSR count). The van der Waals surface area contributed by atoms with Crippen molar-refractivity contribution in [1.82, 2.24) is 0 Å². The maximum absolute atomic E-state index is 5.98. The lowest BCUT2D eigenvalue weighted by Gasteiger charge is -2.28. The molecule has 0 spiro atoms. The molecule has 0 aromatic heterocycles. The summed E-state index contributed by atoms with van der Waals surface area (Å²) < 4.78 is 0. The maximum Gasteiger partial charge on any atom is 0.0410 e. The molecule has 0 bridgehead atoms. The van der Waals surface area contributed by atoms with Gasteiger partial charge in [-0.3, -0.25) is 0 Å². The summed E-state index contributed by atoms with van der Waals surface area (Å²) in [6.45, 7) is 2.08. The number of hydrogen-bond acceptors (Lipinski definition) is 2. The lowest BCUT2D eigenvalue weighted by Crippen LogP contribution is -2.35. The Bertz CT molecular complexity index is 365. The van der Waals surface area contributed by atoms with Crippen LogP contribution in [-0.2, 0) is 0 Å². The molecule has 3 N–H and O–H groups in total. The van der Waals surface area contributed by atoms with Crippen molar-refractivity contribution < 1.29 is 0 Å². The van der Waals surface area contributed by atoms with Crippen molar-refractivity contribution in [2.75, 3.05) is 5.32 Å². The van der Waals surface area contributed by atoms with Crippen molar-refractivity contribution in [3.63, 3.8) is 0 Å². The van der Waals surface area contributed by atoms with Gasteiger partial charge in [0.25, 0.3) is 0 Å². The second kappa shape index (κ2) is 5.07. The number of anilines is 1. The first kappa shape index (κ1) is 11.7. The molecule has 1 fully saturated rings. The van der Waals surface area contributed by atoms with Gasteiger partial charge in [-0.25, -0.2) is 0 Å². The lowest BCUT2D eigenvalue weighted by molar-refractivity contribution is 0.409. The van der Waals surface area contributed by atoms with Crippen molar-refractivity contribution in [3.8, 4) is 0 Å². The molecule has 1 aromatic carbocycles. The SMILES string of the molecule is Cc1cc(Cl)ccc1NC1CCCC(N)C1. The van der Waals surface area contributed by atoms with Crippen LogP contribution in [0.3, 0.4) is 0 Å². The summed E-state index contributed by atoms with van der Waals surface area (Å²) in [7, 11) is 0. The van der Waals surface area contributed by atoms with Crippen LogP contribution < -0.4 is 11.1 Å². The molecule has 0 saturated heterocycles. The second-order valence-corrected chi connectivity index (χ2v) is 5.16. The molecule has 0 radical (unpaired) electrons. The molecule has 0 amide bonds. The van der Waals surface area contributed by atoms with Crippen LogP contribution in [0.1, 0.15) is 31.2 Å². The van der Waals surface area contributed by atoms with Gasteiger partial charge in [-0.1, -0.05) is 11.6 Å². The number of nitrogens with two attached hydrogens (primary N) is 1. The third kappa shape index (κ3) is 2.89. The van der Waals surface area contributed by atoms with Gasteiger partial charge in [0.15, 0.2) is 0 Å². The van der Waals surface area contributed by atoms with Gasteiger partial charge in [0, 0.05) is 22.8 Å². The molecule has 0 aliphatic heterocycles. The van der Waals surface area contributed by atoms with Crippen LogP contribution in [-0.4, -0.2) is 12.1 Å². The molecule has 16 heavy (non-hydrogen) atoms. The van der Waals surface area contributed by atoms with Gasteiger partial charge in [0.1, 0.15) is 0 Å². The van der Waals surface area contributed by atoms with E-state index in [4.69, 9.17) is 17.3 Å². The summed E-state index contributed by atoms with van der Waals surface area (Å²) in [5.74, 6) is 0. The van der Waals surface area contributed by atoms with Crippen molar-refractivity contribution >= 4 is 17.3 Å². The average molecular weight is 239 g/mol. The average Bonchev–Trinajstić information content (AvgIpc) is 2.22. The highest BCUT2D eigenvalue weighted by molar-refractivity contribution is 6.30. The molecule has 1 aliphatic rings. The smallest absolute Gasteiger partial charge is 0.0410 e. The van der Waals surface area contributed by atoms with Crippen LogP contribution in [0.25, 0.3) is 0 Å². The molecule has 1 aliphatic carbocycles. The van der Waals surface area contributed by atoms with E-state index < -0.39 is 0 Å². The molecular weight excluding hydrogens is 220 g/mol. The van der Waals surface area contributed by atoms with E-state index in [-0.39, 0.29) is 0 Å². The Morgan fingerprint density at radius 1 is 1.38 bits per heavy atom. The third-order valence-corrected chi connectivity index (χ3v) is 3.50. The fraction of sp³-hybridized carbons (Fsp3) is 0.538. The topological polar surface area (TPSA) is 38.0 Å². The van der Waals surface area contributed by atoms with Crippen LogP contribution in [0, 0.1) is 6.92 Å². The fourth-order valence-corrected chi connectivity index (χ4v) is 2.59. The number of nitrogens with one attached hydrogen (secondary N) is 1. The minimum Gasteiger partial charge on any atom is -0.382 e. The summed E-state index contributed by atoms with van der Waals surface area (Å²) in [4.78, 5) is 0. The largest absolute Gasteiger partial charge is 0.382 e. The first-order valence-electron chi connectivity index (χ1n) is 5.93. The van der Waals surface area contributed by atoms with Gasteiger partial charge in [-0.2, -0.15) is 0 Å². The molecule has 2 atom stereocenters. The summed E-state index contributed by atoms with van der Waals surface area (Å²) in [6, 6.07) is 6.85. The Balaban J connectivity index is 2.02. The minimum absolute atomic E-state index is 0.360. The molecule has 2 unspecified atom stereocenters. The van der Waals surface area contributed by atoms with Crippen LogP contribution in [0.5, 0.6) is 0 Å². The zero-order chi connectivity index (χ0) is 11.5. The standard InChI is InChI=1S/C13H19ClN2/c1-9-7-10(14)5-6-13(9)16-12-4-2-3-11(15)8-12/h5-7,11-12,16H,2-4,8,15H2,1H3. The summed E-state index contributed by atoms with van der Waals surface area (Å²) in [6.07, 6.45) is 4.68. The van der Waals surface area contributed by atoms with E-state index in [0.29, 0.717) is 12.1 Å². The van der Waals surface area contributed by atoms with E-state index in [9.17, 15) is 0 Å². The quantitative estimate of drug-likeness (QED) is 0.830. The van der Waals surface area contributed by atoms with E-state index in [2.05, 4.69) is 18.3 Å². The number of aryl methyl sites for hydroxylation is 1. The zero-order valence-corrected chi connectivity index (χ0v) is 10.4. The van der Waals surface area contributed by atoms with Crippen LogP contribution in [0.4, 0.5) is 5.69 Å². The normalized spacial score (nSPS) is 25.4. The predicted molar refractivity (Wildman–Crippen MR) is 70.0 cm³/mol. The number of halogens is 1. The molecule has 2 nitrogen and oxygen atoms in total. The maximum atomic E-state index is 5.98. The molecular formula is C13H19ClN2.